The smallest absolute Gasteiger partial charge is 0.119 e. The molecule has 0 aliphatic heterocycles. The third kappa shape index (κ3) is 2.37. The van der Waals surface area contributed by atoms with E-state index < -0.39 is 0 Å². The van der Waals surface area contributed by atoms with Crippen LogP contribution in [0.25, 0.3) is 11.3 Å². The van der Waals surface area contributed by atoms with Gasteiger partial charge < -0.3 is 16.2 Å². The SMILES string of the molecule is COc1cccc(-c2ncc(CN)cc2N)c1. The number of nitrogens with two attached hydrogens (primary N) is 2. The standard InChI is InChI=1S/C13H15N3O/c1-17-11-4-2-3-10(6-11)13-12(15)5-9(7-14)8-16-13/h2-6,8H,7,14-15H2,1H3. The number of methoxy groups -OCH3 is 1. The molecule has 0 spiro atoms. The van der Waals surface area contributed by atoms with Crippen molar-refractivity contribution in [1.82, 2.24) is 4.98 Å². The fourth-order valence-electron chi connectivity index (χ4n) is 1.65. The number of hydrogen-bond acceptors (Lipinski definition) is 4. The number of nitrogen functional groups attached to an aromatic ring is 1. The normalized spacial score (nSPS) is 10.2. The molecule has 4 N–H and O–H groups in total. The van der Waals surface area contributed by atoms with Crippen LogP contribution in [0.15, 0.2) is 36.5 Å². The summed E-state index contributed by atoms with van der Waals surface area (Å²) >= 11 is 0. The lowest BCUT2D eigenvalue weighted by Crippen LogP contribution is -2.01. The maximum Gasteiger partial charge on any atom is 0.119 e. The summed E-state index contributed by atoms with van der Waals surface area (Å²) in [5, 5.41) is 0. The highest BCUT2D eigenvalue weighted by Crippen LogP contribution is 2.26. The molecule has 0 unspecified atom stereocenters. The fourth-order valence-corrected chi connectivity index (χ4v) is 1.65. The van der Waals surface area contributed by atoms with E-state index >= 15 is 0 Å². The van der Waals surface area contributed by atoms with Crippen molar-refractivity contribution >= 4 is 5.69 Å². The second kappa shape index (κ2) is 4.84. The molecule has 0 amide bonds. The minimum atomic E-state index is 0.440. The lowest BCUT2D eigenvalue weighted by Gasteiger charge is -2.08. The van der Waals surface area contributed by atoms with E-state index in [0.29, 0.717) is 12.2 Å². The van der Waals surface area contributed by atoms with E-state index in [9.17, 15) is 0 Å². The van der Waals surface area contributed by atoms with Crippen molar-refractivity contribution in [3.63, 3.8) is 0 Å². The Bertz CT molecular complexity index is 526. The number of rotatable bonds is 3. The molecule has 0 bridgehead atoms. The van der Waals surface area contributed by atoms with Gasteiger partial charge in [-0.2, -0.15) is 0 Å². The second-order valence-corrected chi connectivity index (χ2v) is 3.72. The van der Waals surface area contributed by atoms with Crippen LogP contribution >= 0.6 is 0 Å². The highest BCUT2D eigenvalue weighted by molar-refractivity contribution is 5.73. The number of pyridine rings is 1. The van der Waals surface area contributed by atoms with Gasteiger partial charge in [-0.25, -0.2) is 0 Å². The fraction of sp³-hybridized carbons (Fsp3) is 0.154. The van der Waals surface area contributed by atoms with Crippen molar-refractivity contribution in [2.45, 2.75) is 6.54 Å². The molecule has 0 aliphatic carbocycles. The molecule has 2 rings (SSSR count). The first-order valence-corrected chi connectivity index (χ1v) is 5.33. The molecule has 1 heterocycles. The van der Waals surface area contributed by atoms with Gasteiger partial charge in [-0.05, 0) is 23.8 Å². The van der Waals surface area contributed by atoms with Gasteiger partial charge in [-0.15, -0.1) is 0 Å². The first-order chi connectivity index (χ1) is 8.24. The number of nitrogens with zero attached hydrogens (tertiary/aromatic N) is 1. The Hall–Kier alpha value is -2.07. The van der Waals surface area contributed by atoms with Gasteiger partial charge in [0.25, 0.3) is 0 Å². The first-order valence-electron chi connectivity index (χ1n) is 5.33. The zero-order valence-electron chi connectivity index (χ0n) is 9.68. The van der Waals surface area contributed by atoms with Crippen LogP contribution in [0.4, 0.5) is 5.69 Å². The van der Waals surface area contributed by atoms with Gasteiger partial charge in [0.1, 0.15) is 5.75 Å². The highest BCUT2D eigenvalue weighted by atomic mass is 16.5. The van der Waals surface area contributed by atoms with Crippen molar-refractivity contribution in [1.29, 1.82) is 0 Å². The Morgan fingerprint density at radius 2 is 2.12 bits per heavy atom. The topological polar surface area (TPSA) is 74.2 Å². The lowest BCUT2D eigenvalue weighted by atomic mass is 10.1. The van der Waals surface area contributed by atoms with Crippen molar-refractivity contribution in [3.8, 4) is 17.0 Å². The van der Waals surface area contributed by atoms with Gasteiger partial charge in [-0.3, -0.25) is 4.98 Å². The monoisotopic (exact) mass is 229 g/mol. The zero-order valence-corrected chi connectivity index (χ0v) is 9.68. The number of hydrogen-bond donors (Lipinski definition) is 2. The third-order valence-corrected chi connectivity index (χ3v) is 2.55. The van der Waals surface area contributed by atoms with Gasteiger partial charge in [0, 0.05) is 18.3 Å². The van der Waals surface area contributed by atoms with Crippen LogP contribution in [0.2, 0.25) is 0 Å². The quantitative estimate of drug-likeness (QED) is 0.841. The average Bonchev–Trinajstić information content (AvgIpc) is 2.38. The summed E-state index contributed by atoms with van der Waals surface area (Å²) in [6.45, 7) is 0.440. The molecule has 0 fully saturated rings. The molecule has 0 radical (unpaired) electrons. The lowest BCUT2D eigenvalue weighted by molar-refractivity contribution is 0.415. The Morgan fingerprint density at radius 3 is 2.76 bits per heavy atom. The summed E-state index contributed by atoms with van der Waals surface area (Å²) in [6, 6.07) is 9.49. The maximum absolute atomic E-state index is 5.96. The van der Waals surface area contributed by atoms with Gasteiger partial charge in [-0.1, -0.05) is 12.1 Å². The van der Waals surface area contributed by atoms with Gasteiger partial charge >= 0.3 is 0 Å². The molecular weight excluding hydrogens is 214 g/mol. The number of ether oxygens (including phenoxy) is 1. The molecule has 0 saturated heterocycles. The molecule has 4 heteroatoms. The van der Waals surface area contributed by atoms with Crippen LogP contribution in [-0.4, -0.2) is 12.1 Å². The van der Waals surface area contributed by atoms with Crippen LogP contribution in [0.5, 0.6) is 5.75 Å². The van der Waals surface area contributed by atoms with Crippen LogP contribution in [0, 0.1) is 0 Å². The van der Waals surface area contributed by atoms with E-state index in [1.807, 2.05) is 30.3 Å². The molecule has 1 aromatic heterocycles. The van der Waals surface area contributed by atoms with E-state index in [4.69, 9.17) is 16.2 Å². The van der Waals surface area contributed by atoms with Crippen LogP contribution in [0.1, 0.15) is 5.56 Å². The summed E-state index contributed by atoms with van der Waals surface area (Å²) in [6.07, 6.45) is 1.74. The van der Waals surface area contributed by atoms with Gasteiger partial charge in [0.15, 0.2) is 0 Å². The molecule has 4 nitrogen and oxygen atoms in total. The van der Waals surface area contributed by atoms with Gasteiger partial charge in [0.2, 0.25) is 0 Å². The van der Waals surface area contributed by atoms with E-state index in [1.54, 1.807) is 13.3 Å². The minimum Gasteiger partial charge on any atom is -0.497 e. The van der Waals surface area contributed by atoms with Crippen LogP contribution in [-0.2, 0) is 6.54 Å². The van der Waals surface area contributed by atoms with E-state index in [-0.39, 0.29) is 0 Å². The van der Waals surface area contributed by atoms with E-state index in [0.717, 1.165) is 22.6 Å². The molecule has 0 atom stereocenters. The maximum atomic E-state index is 5.96. The molecule has 0 saturated carbocycles. The van der Waals surface area contributed by atoms with Gasteiger partial charge in [0.05, 0.1) is 18.5 Å². The van der Waals surface area contributed by atoms with E-state index in [2.05, 4.69) is 4.98 Å². The first kappa shape index (κ1) is 11.4. The van der Waals surface area contributed by atoms with Crippen LogP contribution < -0.4 is 16.2 Å². The highest BCUT2D eigenvalue weighted by Gasteiger charge is 2.06. The number of aromatic nitrogens is 1. The van der Waals surface area contributed by atoms with Crippen molar-refractivity contribution in [3.05, 3.63) is 42.1 Å². The molecular formula is C13H15N3O. The summed E-state index contributed by atoms with van der Waals surface area (Å²) in [4.78, 5) is 4.33. The molecule has 1 aromatic carbocycles. The Morgan fingerprint density at radius 1 is 1.29 bits per heavy atom. The second-order valence-electron chi connectivity index (χ2n) is 3.72. The van der Waals surface area contributed by atoms with E-state index in [1.165, 1.54) is 0 Å². The summed E-state index contributed by atoms with van der Waals surface area (Å²) in [7, 11) is 1.63. The molecule has 88 valence electrons. The molecule has 0 aliphatic rings. The number of anilines is 1. The Balaban J connectivity index is 2.45. The van der Waals surface area contributed by atoms with Crippen molar-refractivity contribution in [2.75, 3.05) is 12.8 Å². The Labute approximate surface area is 100 Å². The predicted octanol–water partition coefficient (Wildman–Crippen LogP) is 1.80. The average molecular weight is 229 g/mol. The summed E-state index contributed by atoms with van der Waals surface area (Å²) in [5.74, 6) is 0.784. The van der Waals surface area contributed by atoms with Crippen molar-refractivity contribution < 1.29 is 4.74 Å². The third-order valence-electron chi connectivity index (χ3n) is 2.55. The Kier molecular flexibility index (Phi) is 3.25. The molecule has 2 aromatic rings. The van der Waals surface area contributed by atoms with Crippen LogP contribution in [0.3, 0.4) is 0 Å². The van der Waals surface area contributed by atoms with Crippen molar-refractivity contribution in [2.24, 2.45) is 5.73 Å². The molecule has 17 heavy (non-hydrogen) atoms. The largest absolute Gasteiger partial charge is 0.497 e. The zero-order chi connectivity index (χ0) is 12.3. The predicted molar refractivity (Wildman–Crippen MR) is 68.5 cm³/mol. The summed E-state index contributed by atoms with van der Waals surface area (Å²) in [5.41, 5.74) is 14.7. The summed E-state index contributed by atoms with van der Waals surface area (Å²) < 4.78 is 5.17. The minimum absolute atomic E-state index is 0.440. The number of benzene rings is 1.